The van der Waals surface area contributed by atoms with Crippen LogP contribution in [0.25, 0.3) is 21.6 Å². The molecule has 3 aromatic heterocycles. The van der Waals surface area contributed by atoms with E-state index in [1.54, 1.807) is 26.0 Å². The molecule has 1 amide bonds. The topological polar surface area (TPSA) is 117 Å². The number of benzene rings is 2. The van der Waals surface area contributed by atoms with Gasteiger partial charge in [-0.25, -0.2) is 9.97 Å². The van der Waals surface area contributed by atoms with Crippen LogP contribution in [0.15, 0.2) is 54.2 Å². The number of fused-ring (bicyclic) bond motifs is 2. The highest BCUT2D eigenvalue weighted by Crippen LogP contribution is 2.46. The van der Waals surface area contributed by atoms with Crippen molar-refractivity contribution >= 4 is 49.8 Å². The fourth-order valence-electron chi connectivity index (χ4n) is 5.45. The molecule has 0 bridgehead atoms. The summed E-state index contributed by atoms with van der Waals surface area (Å²) in [6, 6.07) is 11.4. The number of aliphatic hydroxyl groups excluding tert-OH is 1. The Hall–Kier alpha value is -4.70. The third-order valence-electron chi connectivity index (χ3n) is 7.38. The summed E-state index contributed by atoms with van der Waals surface area (Å²) in [5.74, 6) is -1.92. The van der Waals surface area contributed by atoms with Crippen LogP contribution in [-0.4, -0.2) is 42.9 Å². The number of thiazole rings is 1. The Morgan fingerprint density at radius 1 is 1.05 bits per heavy atom. The largest absolute Gasteiger partial charge is 0.505 e. The Morgan fingerprint density at radius 2 is 1.83 bits per heavy atom. The number of phenols is 1. The van der Waals surface area contributed by atoms with Gasteiger partial charge in [0.15, 0.2) is 22.4 Å². The zero-order valence-electron chi connectivity index (χ0n) is 23.2. The second-order valence-corrected chi connectivity index (χ2v) is 11.2. The number of aliphatic hydroxyl groups is 1. The van der Waals surface area contributed by atoms with Gasteiger partial charge in [-0.3, -0.25) is 14.5 Å². The van der Waals surface area contributed by atoms with Crippen molar-refractivity contribution in [2.75, 3.05) is 11.5 Å². The molecule has 208 valence electrons. The Kier molecular flexibility index (Phi) is 6.30. The standard InChI is InChI=1S/C31H28N4O5S/c1-6-40-21-14-19(9-10-20(21)36)26-23(27(37)25-18(5)34-11-7-8-16(3)29(34)32-25)28(38)30(39)35(26)31-33-24-17(4)12-15(2)13-22(24)41-31/h7-14,26,36-37H,6H2,1-5H3/b27-23+. The third kappa shape index (κ3) is 4.13. The van der Waals surface area contributed by atoms with Crippen molar-refractivity contribution in [1.82, 2.24) is 14.4 Å². The summed E-state index contributed by atoms with van der Waals surface area (Å²) in [4.78, 5) is 38.2. The van der Waals surface area contributed by atoms with E-state index in [0.29, 0.717) is 28.6 Å². The number of aromatic nitrogens is 3. The molecule has 1 saturated heterocycles. The maximum absolute atomic E-state index is 13.7. The van der Waals surface area contributed by atoms with Crippen molar-refractivity contribution in [3.8, 4) is 11.5 Å². The minimum absolute atomic E-state index is 0.0784. The van der Waals surface area contributed by atoms with Crippen LogP contribution < -0.4 is 9.64 Å². The molecule has 0 radical (unpaired) electrons. The molecule has 0 spiro atoms. The predicted molar refractivity (Wildman–Crippen MR) is 158 cm³/mol. The molecular weight excluding hydrogens is 540 g/mol. The average molecular weight is 569 g/mol. The van der Waals surface area contributed by atoms with Gasteiger partial charge in [0, 0.05) is 6.20 Å². The van der Waals surface area contributed by atoms with Crippen LogP contribution in [0.5, 0.6) is 11.5 Å². The number of pyridine rings is 1. The van der Waals surface area contributed by atoms with E-state index in [0.717, 1.165) is 26.9 Å². The maximum Gasteiger partial charge on any atom is 0.301 e. The molecule has 2 N–H and O–H groups in total. The number of amides is 1. The summed E-state index contributed by atoms with van der Waals surface area (Å²) >= 11 is 1.30. The minimum atomic E-state index is -1.04. The first-order chi connectivity index (χ1) is 19.6. The van der Waals surface area contributed by atoms with Gasteiger partial charge in [-0.2, -0.15) is 0 Å². The fraction of sp³-hybridized carbons (Fsp3) is 0.226. The number of ether oxygens (including phenoxy) is 1. The number of ketones is 1. The van der Waals surface area contributed by atoms with Gasteiger partial charge < -0.3 is 19.4 Å². The molecule has 1 aliphatic rings. The van der Waals surface area contributed by atoms with E-state index in [-0.39, 0.29) is 28.5 Å². The first kappa shape index (κ1) is 26.5. The Bertz CT molecular complexity index is 1940. The third-order valence-corrected chi connectivity index (χ3v) is 8.38. The number of carbonyl (C=O) groups excluding carboxylic acids is 2. The summed E-state index contributed by atoms with van der Waals surface area (Å²) in [5, 5.41) is 22.4. The summed E-state index contributed by atoms with van der Waals surface area (Å²) in [7, 11) is 0. The van der Waals surface area contributed by atoms with Crippen molar-refractivity contribution in [3.05, 3.63) is 87.9 Å². The summed E-state index contributed by atoms with van der Waals surface area (Å²) < 4.78 is 8.33. The van der Waals surface area contributed by atoms with Gasteiger partial charge in [0.1, 0.15) is 11.3 Å². The molecule has 10 heteroatoms. The zero-order chi connectivity index (χ0) is 29.2. The van der Waals surface area contributed by atoms with E-state index in [1.807, 2.05) is 55.6 Å². The van der Waals surface area contributed by atoms with Crippen molar-refractivity contribution in [2.45, 2.75) is 40.7 Å². The lowest BCUT2D eigenvalue weighted by molar-refractivity contribution is -0.132. The predicted octanol–water partition coefficient (Wildman–Crippen LogP) is 5.91. The van der Waals surface area contributed by atoms with Crippen molar-refractivity contribution in [2.24, 2.45) is 0 Å². The van der Waals surface area contributed by atoms with E-state index in [2.05, 4.69) is 4.98 Å². The van der Waals surface area contributed by atoms with E-state index in [9.17, 15) is 19.8 Å². The molecule has 1 unspecified atom stereocenters. The van der Waals surface area contributed by atoms with Crippen LogP contribution in [0.2, 0.25) is 0 Å². The molecule has 1 aliphatic heterocycles. The van der Waals surface area contributed by atoms with Crippen LogP contribution >= 0.6 is 11.3 Å². The molecule has 1 fully saturated rings. The number of imidazole rings is 1. The number of rotatable bonds is 5. The quantitative estimate of drug-likeness (QED) is 0.154. The van der Waals surface area contributed by atoms with E-state index in [1.165, 1.54) is 22.3 Å². The summed E-state index contributed by atoms with van der Waals surface area (Å²) in [6.45, 7) is 9.74. The Morgan fingerprint density at radius 3 is 2.56 bits per heavy atom. The molecule has 5 aromatic rings. The monoisotopic (exact) mass is 568 g/mol. The molecule has 6 rings (SSSR count). The smallest absolute Gasteiger partial charge is 0.301 e. The highest BCUT2D eigenvalue weighted by atomic mass is 32.1. The second-order valence-electron chi connectivity index (χ2n) is 10.2. The summed E-state index contributed by atoms with van der Waals surface area (Å²) in [6.07, 6.45) is 1.83. The number of anilines is 1. The Balaban J connectivity index is 1.62. The van der Waals surface area contributed by atoms with Gasteiger partial charge in [0.25, 0.3) is 5.78 Å². The van der Waals surface area contributed by atoms with Crippen LogP contribution in [0, 0.1) is 27.7 Å². The minimum Gasteiger partial charge on any atom is -0.505 e. The number of phenolic OH excluding ortho intramolecular Hbond substituents is 1. The van der Waals surface area contributed by atoms with Crippen LogP contribution in [0.4, 0.5) is 5.13 Å². The number of hydrogen-bond acceptors (Lipinski definition) is 8. The van der Waals surface area contributed by atoms with E-state index in [4.69, 9.17) is 9.72 Å². The number of nitrogens with zero attached hydrogens (tertiary/aromatic N) is 4. The number of aryl methyl sites for hydroxylation is 4. The molecule has 0 aliphatic carbocycles. The van der Waals surface area contributed by atoms with E-state index >= 15 is 0 Å². The lowest BCUT2D eigenvalue weighted by Gasteiger charge is -2.23. The van der Waals surface area contributed by atoms with Gasteiger partial charge in [-0.05, 0) is 81.1 Å². The first-order valence-corrected chi connectivity index (χ1v) is 14.0. The number of Topliss-reactive ketones (excluding diaryl/α,β-unsaturated/α-hetero) is 1. The molecule has 9 nitrogen and oxygen atoms in total. The molecule has 41 heavy (non-hydrogen) atoms. The average Bonchev–Trinajstić information content (AvgIpc) is 3.58. The number of hydrogen-bond donors (Lipinski definition) is 2. The van der Waals surface area contributed by atoms with Gasteiger partial charge in [0.05, 0.1) is 34.1 Å². The number of aromatic hydroxyl groups is 1. The van der Waals surface area contributed by atoms with Crippen LogP contribution in [-0.2, 0) is 9.59 Å². The van der Waals surface area contributed by atoms with Crippen molar-refractivity contribution < 1.29 is 24.5 Å². The normalized spacial score (nSPS) is 16.8. The molecular formula is C31H28N4O5S. The van der Waals surface area contributed by atoms with Gasteiger partial charge in [-0.15, -0.1) is 0 Å². The van der Waals surface area contributed by atoms with Crippen molar-refractivity contribution in [3.63, 3.8) is 0 Å². The van der Waals surface area contributed by atoms with Gasteiger partial charge in [-0.1, -0.05) is 29.5 Å². The second kappa shape index (κ2) is 9.74. The first-order valence-electron chi connectivity index (χ1n) is 13.2. The lowest BCUT2D eigenvalue weighted by Crippen LogP contribution is -2.29. The SMILES string of the molecule is CCOc1cc(C2/C(=C(\O)c3nc4c(C)cccn4c3C)C(=O)C(=O)N2c2nc3c(C)cc(C)cc3s2)ccc1O. The summed E-state index contributed by atoms with van der Waals surface area (Å²) in [5.41, 5.74) is 5.47. The van der Waals surface area contributed by atoms with Crippen LogP contribution in [0.1, 0.15) is 46.6 Å². The maximum atomic E-state index is 13.7. The Labute approximate surface area is 240 Å². The molecule has 2 aromatic carbocycles. The highest BCUT2D eigenvalue weighted by molar-refractivity contribution is 7.22. The van der Waals surface area contributed by atoms with Gasteiger partial charge in [0.2, 0.25) is 0 Å². The fourth-order valence-corrected chi connectivity index (χ4v) is 6.62. The molecule has 1 atom stereocenters. The molecule has 4 heterocycles. The zero-order valence-corrected chi connectivity index (χ0v) is 24.0. The van der Waals surface area contributed by atoms with Gasteiger partial charge >= 0.3 is 5.91 Å². The van der Waals surface area contributed by atoms with Crippen LogP contribution in [0.3, 0.4) is 0 Å². The van der Waals surface area contributed by atoms with Crippen molar-refractivity contribution in [1.29, 1.82) is 0 Å². The highest BCUT2D eigenvalue weighted by Gasteiger charge is 2.49. The molecule has 0 saturated carbocycles. The van der Waals surface area contributed by atoms with E-state index < -0.39 is 17.7 Å². The lowest BCUT2D eigenvalue weighted by atomic mass is 9.96. The number of carbonyl (C=O) groups is 2.